The Morgan fingerprint density at radius 2 is 1.58 bits per heavy atom. The molecule has 0 radical (unpaired) electrons. The lowest BCUT2D eigenvalue weighted by atomic mass is 10.1. The van der Waals surface area contributed by atoms with Crippen LogP contribution in [0.2, 0.25) is 0 Å². The standard InChI is InChI=1S/C10H8F2/c1-7-2-4-8(5-3-7)9-6-10(9,11)12/h2-6H,1H3. The molecule has 2 heteroatoms. The third-order valence-electron chi connectivity index (χ3n) is 1.96. The number of hydrogen-bond donors (Lipinski definition) is 0. The third kappa shape index (κ3) is 1.13. The lowest BCUT2D eigenvalue weighted by Gasteiger charge is -1.98. The summed E-state index contributed by atoms with van der Waals surface area (Å²) in [6.45, 7) is 1.93. The van der Waals surface area contributed by atoms with Gasteiger partial charge in [0.1, 0.15) is 0 Å². The van der Waals surface area contributed by atoms with E-state index in [9.17, 15) is 8.78 Å². The first-order valence-corrected chi connectivity index (χ1v) is 3.78. The molecule has 12 heavy (non-hydrogen) atoms. The zero-order valence-corrected chi connectivity index (χ0v) is 6.64. The van der Waals surface area contributed by atoms with Gasteiger partial charge in [-0.15, -0.1) is 0 Å². The highest BCUT2D eigenvalue weighted by Gasteiger charge is 2.45. The number of rotatable bonds is 1. The monoisotopic (exact) mass is 166 g/mol. The van der Waals surface area contributed by atoms with E-state index in [-0.39, 0.29) is 5.57 Å². The minimum absolute atomic E-state index is 0.155. The Labute approximate surface area is 69.5 Å². The lowest BCUT2D eigenvalue weighted by Crippen LogP contribution is -1.93. The number of halogens is 2. The Morgan fingerprint density at radius 1 is 1.08 bits per heavy atom. The molecule has 1 aliphatic rings. The van der Waals surface area contributed by atoms with E-state index in [1.54, 1.807) is 12.1 Å². The van der Waals surface area contributed by atoms with Crippen molar-refractivity contribution in [2.75, 3.05) is 0 Å². The highest BCUT2D eigenvalue weighted by atomic mass is 19.3. The van der Waals surface area contributed by atoms with Crippen molar-refractivity contribution in [3.8, 4) is 0 Å². The van der Waals surface area contributed by atoms with E-state index in [2.05, 4.69) is 0 Å². The molecular weight excluding hydrogens is 158 g/mol. The van der Waals surface area contributed by atoms with Crippen molar-refractivity contribution in [3.63, 3.8) is 0 Å². The largest absolute Gasteiger partial charge is 0.292 e. The fraction of sp³-hybridized carbons (Fsp3) is 0.200. The summed E-state index contributed by atoms with van der Waals surface area (Å²) >= 11 is 0. The smallest absolute Gasteiger partial charge is 0.196 e. The molecule has 1 aliphatic carbocycles. The molecule has 0 unspecified atom stereocenters. The second kappa shape index (κ2) is 2.16. The van der Waals surface area contributed by atoms with E-state index in [0.717, 1.165) is 11.6 Å². The summed E-state index contributed by atoms with van der Waals surface area (Å²) in [4.78, 5) is 0. The van der Waals surface area contributed by atoms with Crippen LogP contribution in [0.3, 0.4) is 0 Å². The van der Waals surface area contributed by atoms with Crippen LogP contribution in [0, 0.1) is 6.92 Å². The lowest BCUT2D eigenvalue weighted by molar-refractivity contribution is 0.159. The molecule has 0 heterocycles. The zero-order chi connectivity index (χ0) is 8.77. The molecule has 1 aromatic carbocycles. The molecule has 2 rings (SSSR count). The van der Waals surface area contributed by atoms with E-state index >= 15 is 0 Å². The molecule has 1 aromatic rings. The predicted octanol–water partition coefficient (Wildman–Crippen LogP) is 3.03. The minimum atomic E-state index is -2.64. The average Bonchev–Trinajstić information content (AvgIpc) is 2.61. The van der Waals surface area contributed by atoms with Crippen molar-refractivity contribution in [1.29, 1.82) is 0 Å². The first kappa shape index (κ1) is 7.47. The summed E-state index contributed by atoms with van der Waals surface area (Å²) < 4.78 is 25.0. The highest BCUT2D eigenvalue weighted by molar-refractivity contribution is 5.85. The third-order valence-corrected chi connectivity index (χ3v) is 1.96. The summed E-state index contributed by atoms with van der Waals surface area (Å²) in [7, 11) is 0. The summed E-state index contributed by atoms with van der Waals surface area (Å²) in [5.41, 5.74) is 1.87. The molecule has 0 fully saturated rings. The van der Waals surface area contributed by atoms with Crippen LogP contribution < -0.4 is 0 Å². The maximum Gasteiger partial charge on any atom is 0.292 e. The number of benzene rings is 1. The molecule has 0 amide bonds. The van der Waals surface area contributed by atoms with Crippen LogP contribution in [0.5, 0.6) is 0 Å². The van der Waals surface area contributed by atoms with Gasteiger partial charge in [-0.2, -0.15) is 8.78 Å². The van der Waals surface area contributed by atoms with E-state index in [1.165, 1.54) is 0 Å². The highest BCUT2D eigenvalue weighted by Crippen LogP contribution is 2.47. The predicted molar refractivity (Wildman–Crippen MR) is 44.1 cm³/mol. The van der Waals surface area contributed by atoms with Crippen LogP contribution in [-0.2, 0) is 0 Å². The number of aryl methyl sites for hydroxylation is 1. The first-order chi connectivity index (χ1) is 5.59. The average molecular weight is 166 g/mol. The van der Waals surface area contributed by atoms with Crippen LogP contribution in [0.4, 0.5) is 8.78 Å². The van der Waals surface area contributed by atoms with E-state index in [0.29, 0.717) is 5.56 Å². The SMILES string of the molecule is Cc1ccc(C2=CC2(F)F)cc1. The van der Waals surface area contributed by atoms with E-state index in [4.69, 9.17) is 0 Å². The Hall–Kier alpha value is -1.18. The van der Waals surface area contributed by atoms with Gasteiger partial charge in [0, 0.05) is 5.57 Å². The van der Waals surface area contributed by atoms with Gasteiger partial charge < -0.3 is 0 Å². The zero-order valence-electron chi connectivity index (χ0n) is 6.64. The molecule has 62 valence electrons. The van der Waals surface area contributed by atoms with E-state index in [1.807, 2.05) is 19.1 Å². The first-order valence-electron chi connectivity index (χ1n) is 3.78. The molecule has 0 bridgehead atoms. The molecular formula is C10H8F2. The van der Waals surface area contributed by atoms with Gasteiger partial charge in [-0.1, -0.05) is 29.8 Å². The van der Waals surface area contributed by atoms with Crippen LogP contribution in [0.25, 0.3) is 5.57 Å². The Bertz CT molecular complexity index is 333. The van der Waals surface area contributed by atoms with Gasteiger partial charge in [0.2, 0.25) is 0 Å². The normalized spacial score (nSPS) is 18.8. The molecule has 0 spiro atoms. The quantitative estimate of drug-likeness (QED) is 0.601. The minimum Gasteiger partial charge on any atom is -0.196 e. The maximum atomic E-state index is 12.5. The van der Waals surface area contributed by atoms with Crippen molar-refractivity contribution in [1.82, 2.24) is 0 Å². The summed E-state index contributed by atoms with van der Waals surface area (Å²) in [6.07, 6.45) is 0.984. The molecule has 0 saturated carbocycles. The van der Waals surface area contributed by atoms with Crippen LogP contribution >= 0.6 is 0 Å². The van der Waals surface area contributed by atoms with Crippen LogP contribution in [-0.4, -0.2) is 5.92 Å². The molecule has 0 aromatic heterocycles. The fourth-order valence-electron chi connectivity index (χ4n) is 1.15. The number of alkyl halides is 2. The fourth-order valence-corrected chi connectivity index (χ4v) is 1.15. The second-order valence-corrected chi connectivity index (χ2v) is 3.05. The second-order valence-electron chi connectivity index (χ2n) is 3.05. The van der Waals surface area contributed by atoms with Crippen molar-refractivity contribution in [3.05, 3.63) is 41.5 Å². The van der Waals surface area contributed by atoms with Gasteiger partial charge in [0.05, 0.1) is 0 Å². The van der Waals surface area contributed by atoms with Crippen molar-refractivity contribution in [2.45, 2.75) is 12.8 Å². The van der Waals surface area contributed by atoms with Gasteiger partial charge in [-0.05, 0) is 18.6 Å². The number of hydrogen-bond acceptors (Lipinski definition) is 0. The Balaban J connectivity index is 2.27. The molecule has 0 atom stereocenters. The van der Waals surface area contributed by atoms with Crippen molar-refractivity contribution in [2.24, 2.45) is 0 Å². The van der Waals surface area contributed by atoms with Gasteiger partial charge in [-0.3, -0.25) is 0 Å². The van der Waals surface area contributed by atoms with Gasteiger partial charge in [0.25, 0.3) is 5.92 Å². The Morgan fingerprint density at radius 3 is 2.00 bits per heavy atom. The maximum absolute atomic E-state index is 12.5. The summed E-state index contributed by atoms with van der Waals surface area (Å²) in [5.74, 6) is -2.64. The summed E-state index contributed by atoms with van der Waals surface area (Å²) in [6, 6.07) is 7.12. The van der Waals surface area contributed by atoms with Crippen LogP contribution in [0.15, 0.2) is 30.3 Å². The van der Waals surface area contributed by atoms with Gasteiger partial charge >= 0.3 is 0 Å². The molecule has 0 saturated heterocycles. The molecule has 0 nitrogen and oxygen atoms in total. The van der Waals surface area contributed by atoms with Crippen molar-refractivity contribution < 1.29 is 8.78 Å². The van der Waals surface area contributed by atoms with E-state index < -0.39 is 5.92 Å². The topological polar surface area (TPSA) is 0 Å². The molecule has 0 aliphatic heterocycles. The van der Waals surface area contributed by atoms with Gasteiger partial charge in [-0.25, -0.2) is 0 Å². The van der Waals surface area contributed by atoms with Crippen molar-refractivity contribution >= 4 is 5.57 Å². The molecule has 0 N–H and O–H groups in total. The Kier molecular flexibility index (Phi) is 1.34. The van der Waals surface area contributed by atoms with Gasteiger partial charge in [0.15, 0.2) is 0 Å². The number of allylic oxidation sites excluding steroid dienone is 2. The van der Waals surface area contributed by atoms with Crippen LogP contribution in [0.1, 0.15) is 11.1 Å². The summed E-state index contributed by atoms with van der Waals surface area (Å²) in [5, 5.41) is 0.